The van der Waals surface area contributed by atoms with Gasteiger partial charge in [0.25, 0.3) is 15.7 Å². The van der Waals surface area contributed by atoms with Crippen LogP contribution in [0.15, 0.2) is 53.4 Å². The van der Waals surface area contributed by atoms with Gasteiger partial charge in [-0.25, -0.2) is 8.42 Å². The van der Waals surface area contributed by atoms with Crippen molar-refractivity contribution in [2.75, 3.05) is 16.2 Å². The Morgan fingerprint density at radius 2 is 1.72 bits per heavy atom. The number of rotatable bonds is 7. The summed E-state index contributed by atoms with van der Waals surface area (Å²) in [4.78, 5) is 12.1. The van der Waals surface area contributed by atoms with Crippen LogP contribution < -0.4 is 9.62 Å². The summed E-state index contributed by atoms with van der Waals surface area (Å²) in [5.74, 6) is 0. The SMILES string of the molecule is CCN(c1ccc(NS(=O)(=O)c2ccccc2[N+](=O)[O-])cc1)C(C)C. The highest BCUT2D eigenvalue weighted by Gasteiger charge is 2.25. The second-order valence-electron chi connectivity index (χ2n) is 5.76. The predicted octanol–water partition coefficient (Wildman–Crippen LogP) is 3.63. The zero-order valence-corrected chi connectivity index (χ0v) is 15.2. The lowest BCUT2D eigenvalue weighted by Gasteiger charge is -2.27. The van der Waals surface area contributed by atoms with Gasteiger partial charge in [0.1, 0.15) is 0 Å². The van der Waals surface area contributed by atoms with Gasteiger partial charge in [0.15, 0.2) is 4.90 Å². The van der Waals surface area contributed by atoms with Crippen molar-refractivity contribution in [2.45, 2.75) is 31.7 Å². The average molecular weight is 363 g/mol. The fraction of sp³-hybridized carbons (Fsp3) is 0.294. The van der Waals surface area contributed by atoms with Gasteiger partial charge in [0.05, 0.1) is 4.92 Å². The highest BCUT2D eigenvalue weighted by Crippen LogP contribution is 2.26. The third kappa shape index (κ3) is 4.27. The Kier molecular flexibility index (Phi) is 5.63. The predicted molar refractivity (Wildman–Crippen MR) is 98.5 cm³/mol. The molecule has 0 radical (unpaired) electrons. The van der Waals surface area contributed by atoms with Gasteiger partial charge in [-0.15, -0.1) is 0 Å². The first kappa shape index (κ1) is 18.7. The van der Waals surface area contributed by atoms with Crippen LogP contribution in [0.5, 0.6) is 0 Å². The molecule has 2 aromatic carbocycles. The number of anilines is 2. The standard InChI is InChI=1S/C17H21N3O4S/c1-4-19(13(2)3)15-11-9-14(10-12-15)18-25(23,24)17-8-6-5-7-16(17)20(21)22/h5-13,18H,4H2,1-3H3. The first-order valence-corrected chi connectivity index (χ1v) is 9.37. The summed E-state index contributed by atoms with van der Waals surface area (Å²) in [7, 11) is -4.05. The van der Waals surface area contributed by atoms with E-state index in [1.165, 1.54) is 24.3 Å². The number of nitrogens with zero attached hydrogens (tertiary/aromatic N) is 2. The minimum Gasteiger partial charge on any atom is -0.369 e. The molecule has 0 saturated heterocycles. The summed E-state index contributed by atoms with van der Waals surface area (Å²) in [5.41, 5.74) is 0.872. The van der Waals surface area contributed by atoms with Crippen LogP contribution >= 0.6 is 0 Å². The summed E-state index contributed by atoms with van der Waals surface area (Å²) in [6.07, 6.45) is 0. The third-order valence-electron chi connectivity index (χ3n) is 3.77. The Balaban J connectivity index is 2.29. The van der Waals surface area contributed by atoms with E-state index in [4.69, 9.17) is 0 Å². The van der Waals surface area contributed by atoms with Crippen molar-refractivity contribution in [3.05, 3.63) is 58.6 Å². The summed E-state index contributed by atoms with van der Waals surface area (Å²) in [6.45, 7) is 7.04. The van der Waals surface area contributed by atoms with Gasteiger partial charge in [0.2, 0.25) is 0 Å². The zero-order chi connectivity index (χ0) is 18.6. The molecule has 0 fully saturated rings. The van der Waals surface area contributed by atoms with E-state index in [0.717, 1.165) is 12.2 Å². The lowest BCUT2D eigenvalue weighted by atomic mass is 10.2. The molecule has 0 aromatic heterocycles. The molecule has 0 unspecified atom stereocenters. The van der Waals surface area contributed by atoms with E-state index in [0.29, 0.717) is 11.7 Å². The van der Waals surface area contributed by atoms with Crippen molar-refractivity contribution in [2.24, 2.45) is 0 Å². The molecule has 0 bridgehead atoms. The fourth-order valence-electron chi connectivity index (χ4n) is 2.61. The Bertz CT molecular complexity index is 848. The molecule has 2 rings (SSSR count). The van der Waals surface area contributed by atoms with Gasteiger partial charge in [-0.1, -0.05) is 12.1 Å². The first-order chi connectivity index (χ1) is 11.8. The Hall–Kier alpha value is -2.61. The number of hydrogen-bond donors (Lipinski definition) is 1. The molecule has 0 spiro atoms. The Morgan fingerprint density at radius 3 is 2.24 bits per heavy atom. The number of nitro groups is 1. The monoisotopic (exact) mass is 363 g/mol. The lowest BCUT2D eigenvalue weighted by Crippen LogP contribution is -2.30. The molecule has 8 heteroatoms. The maximum Gasteiger partial charge on any atom is 0.289 e. The smallest absolute Gasteiger partial charge is 0.289 e. The van der Waals surface area contributed by atoms with Crippen LogP contribution in [-0.2, 0) is 10.0 Å². The fourth-order valence-corrected chi connectivity index (χ4v) is 3.84. The minimum absolute atomic E-state index is 0.319. The first-order valence-electron chi connectivity index (χ1n) is 7.89. The van der Waals surface area contributed by atoms with E-state index in [1.54, 1.807) is 12.1 Å². The van der Waals surface area contributed by atoms with Crippen molar-refractivity contribution in [1.29, 1.82) is 0 Å². The van der Waals surface area contributed by atoms with E-state index >= 15 is 0 Å². The quantitative estimate of drug-likeness (QED) is 0.599. The molecule has 0 aliphatic heterocycles. The van der Waals surface area contributed by atoms with Gasteiger partial charge in [-0.05, 0) is 51.1 Å². The number of benzene rings is 2. The van der Waals surface area contributed by atoms with Gasteiger partial charge < -0.3 is 4.90 Å². The van der Waals surface area contributed by atoms with Gasteiger partial charge in [-0.3, -0.25) is 14.8 Å². The molecular formula is C17H21N3O4S. The summed E-state index contributed by atoms with van der Waals surface area (Å²) in [6, 6.07) is 12.5. The summed E-state index contributed by atoms with van der Waals surface area (Å²) >= 11 is 0. The van der Waals surface area contributed by atoms with Crippen LogP contribution in [0.2, 0.25) is 0 Å². The molecule has 0 heterocycles. The topological polar surface area (TPSA) is 92.6 Å². The average Bonchev–Trinajstić information content (AvgIpc) is 2.56. The van der Waals surface area contributed by atoms with Crippen molar-refractivity contribution < 1.29 is 13.3 Å². The van der Waals surface area contributed by atoms with E-state index in [2.05, 4.69) is 23.5 Å². The van der Waals surface area contributed by atoms with E-state index in [-0.39, 0.29) is 4.90 Å². The Labute approximate surface area is 147 Å². The molecule has 0 aliphatic rings. The highest BCUT2D eigenvalue weighted by molar-refractivity contribution is 7.92. The second kappa shape index (κ2) is 7.52. The van der Waals surface area contributed by atoms with E-state index < -0.39 is 20.6 Å². The van der Waals surface area contributed by atoms with Crippen LogP contribution in [0.3, 0.4) is 0 Å². The van der Waals surface area contributed by atoms with Crippen molar-refractivity contribution >= 4 is 27.1 Å². The largest absolute Gasteiger partial charge is 0.369 e. The number of hydrogen-bond acceptors (Lipinski definition) is 5. The molecular weight excluding hydrogens is 342 g/mol. The number of nitrogens with one attached hydrogen (secondary N) is 1. The van der Waals surface area contributed by atoms with Crippen LogP contribution in [-0.4, -0.2) is 25.9 Å². The summed E-state index contributed by atoms with van der Waals surface area (Å²) < 4.78 is 27.4. The molecule has 134 valence electrons. The van der Waals surface area contributed by atoms with Gasteiger partial charge in [0, 0.05) is 30.0 Å². The number of sulfonamides is 1. The highest BCUT2D eigenvalue weighted by atomic mass is 32.2. The number of nitro benzene ring substituents is 1. The molecule has 0 atom stereocenters. The van der Waals surface area contributed by atoms with Crippen molar-refractivity contribution in [3.63, 3.8) is 0 Å². The van der Waals surface area contributed by atoms with Crippen molar-refractivity contribution in [3.8, 4) is 0 Å². The Morgan fingerprint density at radius 1 is 1.12 bits per heavy atom. The summed E-state index contributed by atoms with van der Waals surface area (Å²) in [5, 5.41) is 11.0. The molecule has 0 saturated carbocycles. The van der Waals surface area contributed by atoms with Crippen LogP contribution in [0, 0.1) is 10.1 Å². The maximum absolute atomic E-state index is 12.5. The number of para-hydroxylation sites is 1. The van der Waals surface area contributed by atoms with Crippen LogP contribution in [0.4, 0.5) is 17.1 Å². The lowest BCUT2D eigenvalue weighted by molar-refractivity contribution is -0.387. The van der Waals surface area contributed by atoms with Gasteiger partial charge in [-0.2, -0.15) is 0 Å². The molecule has 7 nitrogen and oxygen atoms in total. The van der Waals surface area contributed by atoms with E-state index in [9.17, 15) is 18.5 Å². The van der Waals surface area contributed by atoms with Crippen LogP contribution in [0.25, 0.3) is 0 Å². The van der Waals surface area contributed by atoms with Crippen molar-refractivity contribution in [1.82, 2.24) is 0 Å². The minimum atomic E-state index is -4.05. The maximum atomic E-state index is 12.5. The normalized spacial score (nSPS) is 11.4. The molecule has 0 amide bonds. The van der Waals surface area contributed by atoms with Crippen LogP contribution in [0.1, 0.15) is 20.8 Å². The van der Waals surface area contributed by atoms with E-state index in [1.807, 2.05) is 19.1 Å². The third-order valence-corrected chi connectivity index (χ3v) is 5.20. The second-order valence-corrected chi connectivity index (χ2v) is 7.41. The molecule has 1 N–H and O–H groups in total. The van der Waals surface area contributed by atoms with Gasteiger partial charge >= 0.3 is 0 Å². The molecule has 2 aromatic rings. The molecule has 25 heavy (non-hydrogen) atoms. The zero-order valence-electron chi connectivity index (χ0n) is 14.3. The molecule has 0 aliphatic carbocycles.